The number of hydrogen-bond donors (Lipinski definition) is 0. The molecule has 0 N–H and O–H groups in total. The van der Waals surface area contributed by atoms with Gasteiger partial charge in [-0.25, -0.2) is 0 Å². The number of allylic oxidation sites excluding steroid dienone is 15. The Labute approximate surface area is 124 Å². The average Bonchev–Trinajstić information content (AvgIpc) is 3.27. The third-order valence-electron chi connectivity index (χ3n) is 2.29. The van der Waals surface area contributed by atoms with Crippen molar-refractivity contribution in [3.8, 4) is 0 Å². The topological polar surface area (TPSA) is 0 Å². The Morgan fingerprint density at radius 1 is 0.650 bits per heavy atom. The van der Waals surface area contributed by atoms with Gasteiger partial charge in [-0.15, -0.1) is 0 Å². The lowest BCUT2D eigenvalue weighted by atomic mass is 10.5. The van der Waals surface area contributed by atoms with Crippen LogP contribution in [-0.4, -0.2) is 0 Å². The van der Waals surface area contributed by atoms with E-state index in [0.717, 1.165) is 19.3 Å². The fourth-order valence-corrected chi connectivity index (χ4v) is 1.31. The van der Waals surface area contributed by atoms with Gasteiger partial charge in [0.25, 0.3) is 0 Å². The molecule has 0 aliphatic heterocycles. The molecule has 0 spiro atoms. The second-order valence-corrected chi connectivity index (χ2v) is 4.04. The van der Waals surface area contributed by atoms with Crippen molar-refractivity contribution in [3.05, 3.63) is 97.7 Å². The van der Waals surface area contributed by atoms with Gasteiger partial charge in [-0.3, -0.25) is 0 Å². The van der Waals surface area contributed by atoms with E-state index in [2.05, 4.69) is 79.5 Å². The smallest absolute Gasteiger partial charge is 0.0163 e. The zero-order valence-electron chi connectivity index (χ0n) is 12.5. The molecule has 0 aromatic carbocycles. The molecule has 0 nitrogen and oxygen atoms in total. The molecule has 0 aromatic heterocycles. The Kier molecular flexibility index (Phi) is 15.2. The molecule has 0 radical (unpaired) electrons. The van der Waals surface area contributed by atoms with Crippen molar-refractivity contribution in [2.45, 2.75) is 26.2 Å². The SMILES string of the molecule is C1=CCC=C1.C1=CCC=C1.C1=CCC=C1.C=CC=CC. The van der Waals surface area contributed by atoms with Crippen LogP contribution < -0.4 is 0 Å². The first-order valence-electron chi connectivity index (χ1n) is 7.10. The molecule has 3 aliphatic rings. The molecule has 0 fully saturated rings. The van der Waals surface area contributed by atoms with E-state index in [9.17, 15) is 0 Å². The van der Waals surface area contributed by atoms with Crippen molar-refractivity contribution in [1.29, 1.82) is 0 Å². The standard InChI is InChI=1S/3C5H6.C5H8/c3*1-2-4-5-3-1;1-3-5-4-2/h3*1-4H,5H2;3-5H,1H2,2H3. The summed E-state index contributed by atoms with van der Waals surface area (Å²) in [5.41, 5.74) is 0. The van der Waals surface area contributed by atoms with Gasteiger partial charge in [0, 0.05) is 0 Å². The van der Waals surface area contributed by atoms with E-state index in [1.165, 1.54) is 0 Å². The Hall–Kier alpha value is -2.08. The van der Waals surface area contributed by atoms with Crippen molar-refractivity contribution in [2.75, 3.05) is 0 Å². The van der Waals surface area contributed by atoms with Crippen LogP contribution in [0.3, 0.4) is 0 Å². The van der Waals surface area contributed by atoms with Gasteiger partial charge in [-0.1, -0.05) is 97.7 Å². The second-order valence-electron chi connectivity index (χ2n) is 4.04. The quantitative estimate of drug-likeness (QED) is 0.492. The van der Waals surface area contributed by atoms with Gasteiger partial charge < -0.3 is 0 Å². The molecular formula is C20H26. The zero-order chi connectivity index (χ0) is 14.7. The van der Waals surface area contributed by atoms with Gasteiger partial charge in [-0.05, 0) is 26.2 Å². The lowest BCUT2D eigenvalue weighted by Crippen LogP contribution is -1.37. The van der Waals surface area contributed by atoms with Gasteiger partial charge in [-0.2, -0.15) is 0 Å². The molecule has 3 aliphatic carbocycles. The van der Waals surface area contributed by atoms with E-state index in [1.54, 1.807) is 6.08 Å². The van der Waals surface area contributed by atoms with E-state index in [0.29, 0.717) is 0 Å². The summed E-state index contributed by atoms with van der Waals surface area (Å²) in [4.78, 5) is 0. The van der Waals surface area contributed by atoms with Gasteiger partial charge >= 0.3 is 0 Å². The summed E-state index contributed by atoms with van der Waals surface area (Å²) in [5.74, 6) is 0. The predicted molar refractivity (Wildman–Crippen MR) is 93.7 cm³/mol. The van der Waals surface area contributed by atoms with Crippen LogP contribution in [0.15, 0.2) is 97.7 Å². The van der Waals surface area contributed by atoms with Gasteiger partial charge in [0.1, 0.15) is 0 Å². The summed E-state index contributed by atoms with van der Waals surface area (Å²) in [7, 11) is 0. The molecule has 106 valence electrons. The van der Waals surface area contributed by atoms with Crippen molar-refractivity contribution in [1.82, 2.24) is 0 Å². The van der Waals surface area contributed by atoms with Crippen LogP contribution in [0, 0.1) is 0 Å². The van der Waals surface area contributed by atoms with Crippen LogP contribution in [-0.2, 0) is 0 Å². The maximum atomic E-state index is 3.46. The average molecular weight is 266 g/mol. The first-order chi connectivity index (χ1) is 9.91. The second kappa shape index (κ2) is 16.9. The number of hydrogen-bond acceptors (Lipinski definition) is 0. The molecular weight excluding hydrogens is 240 g/mol. The summed E-state index contributed by atoms with van der Waals surface area (Å²) in [6.07, 6.45) is 34.1. The summed E-state index contributed by atoms with van der Waals surface area (Å²) in [5, 5.41) is 0. The van der Waals surface area contributed by atoms with Gasteiger partial charge in [0.05, 0.1) is 0 Å². The van der Waals surface area contributed by atoms with Crippen molar-refractivity contribution in [2.24, 2.45) is 0 Å². The highest BCUT2D eigenvalue weighted by molar-refractivity contribution is 5.12. The molecule has 0 aromatic rings. The first-order valence-corrected chi connectivity index (χ1v) is 7.10. The van der Waals surface area contributed by atoms with Crippen LogP contribution in [0.5, 0.6) is 0 Å². The summed E-state index contributed by atoms with van der Waals surface area (Å²) < 4.78 is 0. The summed E-state index contributed by atoms with van der Waals surface area (Å²) in [6, 6.07) is 0. The largest absolute Gasteiger partial charge is 0.0991 e. The molecule has 0 unspecified atom stereocenters. The van der Waals surface area contributed by atoms with Gasteiger partial charge in [0.15, 0.2) is 0 Å². The Balaban J connectivity index is 0.000000241. The van der Waals surface area contributed by atoms with E-state index in [4.69, 9.17) is 0 Å². The molecule has 0 bridgehead atoms. The third-order valence-corrected chi connectivity index (χ3v) is 2.29. The minimum atomic E-state index is 1.14. The highest BCUT2D eigenvalue weighted by Crippen LogP contribution is 1.94. The van der Waals surface area contributed by atoms with Gasteiger partial charge in [0.2, 0.25) is 0 Å². The summed E-state index contributed by atoms with van der Waals surface area (Å²) >= 11 is 0. The fourth-order valence-electron chi connectivity index (χ4n) is 1.31. The van der Waals surface area contributed by atoms with E-state index in [-0.39, 0.29) is 0 Å². The molecule has 3 rings (SSSR count). The maximum Gasteiger partial charge on any atom is -0.0163 e. The zero-order valence-corrected chi connectivity index (χ0v) is 12.5. The van der Waals surface area contributed by atoms with Crippen molar-refractivity contribution < 1.29 is 0 Å². The number of rotatable bonds is 1. The third kappa shape index (κ3) is 15.9. The normalized spacial score (nSPS) is 15.4. The molecule has 20 heavy (non-hydrogen) atoms. The van der Waals surface area contributed by atoms with Crippen LogP contribution >= 0.6 is 0 Å². The van der Waals surface area contributed by atoms with Crippen LogP contribution in [0.2, 0.25) is 0 Å². The monoisotopic (exact) mass is 266 g/mol. The van der Waals surface area contributed by atoms with Crippen molar-refractivity contribution in [3.63, 3.8) is 0 Å². The minimum Gasteiger partial charge on any atom is -0.0991 e. The van der Waals surface area contributed by atoms with Crippen LogP contribution in [0.4, 0.5) is 0 Å². The molecule has 0 heterocycles. The first kappa shape index (κ1) is 17.9. The molecule has 0 heteroatoms. The van der Waals surface area contributed by atoms with E-state index >= 15 is 0 Å². The molecule has 0 saturated heterocycles. The molecule has 0 atom stereocenters. The highest BCUT2D eigenvalue weighted by Gasteiger charge is 1.73. The Morgan fingerprint density at radius 3 is 1.00 bits per heavy atom. The van der Waals surface area contributed by atoms with E-state index < -0.39 is 0 Å². The lowest BCUT2D eigenvalue weighted by molar-refractivity contribution is 1.45. The highest BCUT2D eigenvalue weighted by atomic mass is 13.8. The predicted octanol–water partition coefficient (Wildman–Crippen LogP) is 6.26. The summed E-state index contributed by atoms with van der Waals surface area (Å²) in [6.45, 7) is 5.42. The lowest BCUT2D eigenvalue weighted by Gasteiger charge is -1.57. The van der Waals surface area contributed by atoms with Crippen LogP contribution in [0.1, 0.15) is 26.2 Å². The fraction of sp³-hybridized carbons (Fsp3) is 0.200. The maximum absolute atomic E-state index is 3.46. The van der Waals surface area contributed by atoms with Crippen LogP contribution in [0.25, 0.3) is 0 Å². The Morgan fingerprint density at radius 2 is 0.950 bits per heavy atom. The Bertz CT molecular complexity index is 323. The minimum absolute atomic E-state index is 1.14. The molecule has 0 amide bonds. The molecule has 0 saturated carbocycles. The van der Waals surface area contributed by atoms with Crippen molar-refractivity contribution >= 4 is 0 Å². The van der Waals surface area contributed by atoms with E-state index in [1.807, 2.05) is 19.1 Å².